The van der Waals surface area contributed by atoms with Crippen LogP contribution in [0.3, 0.4) is 0 Å². The van der Waals surface area contributed by atoms with E-state index in [-0.39, 0.29) is 22.2 Å². The number of carbonyl (C=O) groups is 1. The SMILES string of the molecule is N#CCNC(=O)COc1ccc(Cl)cc1S(=O)(=O)Cl. The van der Waals surface area contributed by atoms with Gasteiger partial charge in [-0.2, -0.15) is 5.26 Å². The Morgan fingerprint density at radius 1 is 1.47 bits per heavy atom. The molecular formula is C10H8Cl2N2O4S. The zero-order chi connectivity index (χ0) is 14.5. The van der Waals surface area contributed by atoms with Crippen LogP contribution < -0.4 is 10.1 Å². The summed E-state index contributed by atoms with van der Waals surface area (Å²) in [4.78, 5) is 10.9. The van der Waals surface area contributed by atoms with Gasteiger partial charge >= 0.3 is 0 Å². The molecule has 1 aromatic rings. The molecule has 0 spiro atoms. The molecule has 0 fully saturated rings. The first-order chi connectivity index (χ1) is 8.84. The molecular weight excluding hydrogens is 315 g/mol. The predicted octanol–water partition coefficient (Wildman–Crippen LogP) is 1.29. The summed E-state index contributed by atoms with van der Waals surface area (Å²) < 4.78 is 27.6. The second-order valence-corrected chi connectivity index (χ2v) is 6.22. The molecule has 0 atom stereocenters. The molecule has 0 saturated heterocycles. The summed E-state index contributed by atoms with van der Waals surface area (Å²) in [5.41, 5.74) is 0. The van der Waals surface area contributed by atoms with Gasteiger partial charge in [-0.1, -0.05) is 11.6 Å². The largest absolute Gasteiger partial charge is 0.482 e. The van der Waals surface area contributed by atoms with Crippen LogP contribution in [0.15, 0.2) is 23.1 Å². The van der Waals surface area contributed by atoms with Crippen molar-refractivity contribution in [1.29, 1.82) is 5.26 Å². The zero-order valence-corrected chi connectivity index (χ0v) is 11.7. The van der Waals surface area contributed by atoms with E-state index in [4.69, 9.17) is 32.3 Å². The van der Waals surface area contributed by atoms with Crippen LogP contribution >= 0.6 is 22.3 Å². The maximum Gasteiger partial charge on any atom is 0.265 e. The van der Waals surface area contributed by atoms with Gasteiger partial charge in [-0.05, 0) is 18.2 Å². The van der Waals surface area contributed by atoms with Crippen molar-refractivity contribution in [2.45, 2.75) is 4.90 Å². The van der Waals surface area contributed by atoms with E-state index < -0.39 is 21.6 Å². The Morgan fingerprint density at radius 2 is 2.16 bits per heavy atom. The number of hydrogen-bond donors (Lipinski definition) is 1. The molecule has 0 radical (unpaired) electrons. The van der Waals surface area contributed by atoms with Crippen LogP contribution in [0, 0.1) is 11.3 Å². The summed E-state index contributed by atoms with van der Waals surface area (Å²) in [5, 5.41) is 10.7. The minimum absolute atomic E-state index is 0.0912. The molecule has 19 heavy (non-hydrogen) atoms. The van der Waals surface area contributed by atoms with Crippen LogP contribution in [0.1, 0.15) is 0 Å². The third kappa shape index (κ3) is 4.95. The minimum atomic E-state index is -4.04. The number of ether oxygens (including phenoxy) is 1. The molecule has 102 valence electrons. The maximum atomic E-state index is 11.3. The molecule has 0 aliphatic carbocycles. The lowest BCUT2D eigenvalue weighted by Gasteiger charge is -2.09. The van der Waals surface area contributed by atoms with Gasteiger partial charge in [0.1, 0.15) is 17.2 Å². The number of nitriles is 1. The molecule has 1 rings (SSSR count). The third-order valence-electron chi connectivity index (χ3n) is 1.89. The molecule has 0 aromatic heterocycles. The van der Waals surface area contributed by atoms with Gasteiger partial charge in [-0.25, -0.2) is 8.42 Å². The Morgan fingerprint density at radius 3 is 2.74 bits per heavy atom. The van der Waals surface area contributed by atoms with E-state index in [9.17, 15) is 13.2 Å². The molecule has 0 bridgehead atoms. The number of amides is 1. The number of hydrogen-bond acceptors (Lipinski definition) is 5. The molecule has 0 heterocycles. The van der Waals surface area contributed by atoms with Crippen LogP contribution in [0.4, 0.5) is 0 Å². The highest BCUT2D eigenvalue weighted by Crippen LogP contribution is 2.29. The van der Waals surface area contributed by atoms with Crippen LogP contribution in [0.2, 0.25) is 5.02 Å². The summed E-state index contributed by atoms with van der Waals surface area (Å²) in [7, 11) is 1.18. The molecule has 1 N–H and O–H groups in total. The van der Waals surface area contributed by atoms with Crippen LogP contribution in [0.5, 0.6) is 5.75 Å². The Labute approximate surface area is 119 Å². The van der Waals surface area contributed by atoms with Crippen molar-refractivity contribution in [2.24, 2.45) is 0 Å². The van der Waals surface area contributed by atoms with Gasteiger partial charge in [0.15, 0.2) is 6.61 Å². The average molecular weight is 323 g/mol. The van der Waals surface area contributed by atoms with Crippen LogP contribution in [0.25, 0.3) is 0 Å². The van der Waals surface area contributed by atoms with E-state index in [1.807, 2.05) is 0 Å². The number of carbonyl (C=O) groups excluding carboxylic acids is 1. The molecule has 1 aromatic carbocycles. The van der Waals surface area contributed by atoms with E-state index in [0.717, 1.165) is 6.07 Å². The first-order valence-electron chi connectivity index (χ1n) is 4.85. The normalized spacial score (nSPS) is 10.6. The van der Waals surface area contributed by atoms with Gasteiger partial charge in [-0.3, -0.25) is 4.79 Å². The molecule has 0 aliphatic heterocycles. The summed E-state index contributed by atoms with van der Waals surface area (Å²) in [6.45, 7) is -0.605. The second kappa shape index (κ2) is 6.61. The predicted molar refractivity (Wildman–Crippen MR) is 68.6 cm³/mol. The van der Waals surface area contributed by atoms with Crippen molar-refractivity contribution in [1.82, 2.24) is 5.32 Å². The van der Waals surface area contributed by atoms with Gasteiger partial charge in [-0.15, -0.1) is 0 Å². The van der Waals surface area contributed by atoms with Crippen molar-refractivity contribution in [3.8, 4) is 11.8 Å². The highest BCUT2D eigenvalue weighted by molar-refractivity contribution is 8.13. The van der Waals surface area contributed by atoms with Gasteiger partial charge in [0.25, 0.3) is 15.0 Å². The van der Waals surface area contributed by atoms with E-state index in [1.165, 1.54) is 12.1 Å². The zero-order valence-electron chi connectivity index (χ0n) is 9.39. The lowest BCUT2D eigenvalue weighted by Crippen LogP contribution is -2.29. The Balaban J connectivity index is 2.85. The lowest BCUT2D eigenvalue weighted by molar-refractivity contribution is -0.122. The van der Waals surface area contributed by atoms with Crippen molar-refractivity contribution in [3.05, 3.63) is 23.2 Å². The number of nitrogens with zero attached hydrogens (tertiary/aromatic N) is 1. The Kier molecular flexibility index (Phi) is 5.42. The van der Waals surface area contributed by atoms with E-state index in [1.54, 1.807) is 6.07 Å². The summed E-state index contributed by atoms with van der Waals surface area (Å²) in [6.07, 6.45) is 0. The van der Waals surface area contributed by atoms with Gasteiger partial charge < -0.3 is 10.1 Å². The molecule has 0 aliphatic rings. The van der Waals surface area contributed by atoms with Crippen molar-refractivity contribution < 1.29 is 17.9 Å². The first kappa shape index (κ1) is 15.6. The topological polar surface area (TPSA) is 96.3 Å². The monoisotopic (exact) mass is 322 g/mol. The second-order valence-electron chi connectivity index (χ2n) is 3.25. The number of benzene rings is 1. The fraction of sp³-hybridized carbons (Fsp3) is 0.200. The summed E-state index contributed by atoms with van der Waals surface area (Å²) >= 11 is 5.66. The quantitative estimate of drug-likeness (QED) is 0.650. The van der Waals surface area contributed by atoms with Crippen molar-refractivity contribution in [3.63, 3.8) is 0 Å². The highest BCUT2D eigenvalue weighted by atomic mass is 35.7. The van der Waals surface area contributed by atoms with Crippen LogP contribution in [-0.4, -0.2) is 27.5 Å². The van der Waals surface area contributed by atoms with Crippen molar-refractivity contribution >= 4 is 37.2 Å². The fourth-order valence-corrected chi connectivity index (χ4v) is 2.36. The molecule has 0 saturated carbocycles. The van der Waals surface area contributed by atoms with Gasteiger partial charge in [0.05, 0.1) is 6.07 Å². The molecule has 9 heteroatoms. The summed E-state index contributed by atoms with van der Waals surface area (Å²) in [5.74, 6) is -0.652. The first-order valence-corrected chi connectivity index (χ1v) is 7.54. The number of nitrogens with one attached hydrogen (secondary N) is 1. The molecule has 0 unspecified atom stereocenters. The Hall–Kier alpha value is -1.49. The van der Waals surface area contributed by atoms with Gasteiger partial charge in [0.2, 0.25) is 0 Å². The summed E-state index contributed by atoms with van der Waals surface area (Å²) in [6, 6.07) is 5.52. The Bertz CT molecular complexity index is 625. The number of halogens is 2. The highest BCUT2D eigenvalue weighted by Gasteiger charge is 2.18. The lowest BCUT2D eigenvalue weighted by atomic mass is 10.3. The van der Waals surface area contributed by atoms with Gasteiger partial charge in [0, 0.05) is 15.7 Å². The fourth-order valence-electron chi connectivity index (χ4n) is 1.12. The van der Waals surface area contributed by atoms with E-state index in [2.05, 4.69) is 5.32 Å². The standard InChI is InChI=1S/C10H8Cl2N2O4S/c11-7-1-2-8(9(5-7)19(12,16)17)18-6-10(15)14-4-3-13/h1-2,5H,4,6H2,(H,14,15). The molecule has 1 amide bonds. The smallest absolute Gasteiger partial charge is 0.265 e. The van der Waals surface area contributed by atoms with Crippen LogP contribution in [-0.2, 0) is 13.8 Å². The average Bonchev–Trinajstić information content (AvgIpc) is 2.33. The third-order valence-corrected chi connectivity index (χ3v) is 3.47. The van der Waals surface area contributed by atoms with E-state index in [0.29, 0.717) is 0 Å². The maximum absolute atomic E-state index is 11.3. The molecule has 6 nitrogen and oxygen atoms in total. The van der Waals surface area contributed by atoms with Crippen molar-refractivity contribution in [2.75, 3.05) is 13.2 Å². The number of rotatable bonds is 5. The minimum Gasteiger partial charge on any atom is -0.482 e. The van der Waals surface area contributed by atoms with E-state index >= 15 is 0 Å².